The number of piperidine rings is 1. The molecule has 4 N–H and O–H groups in total. The molecular formula is C15H22N4O. The van der Waals surface area contributed by atoms with Crippen LogP contribution in [0.25, 0.3) is 0 Å². The summed E-state index contributed by atoms with van der Waals surface area (Å²) in [5.74, 6) is -0.404. The first-order valence-corrected chi connectivity index (χ1v) is 7.33. The van der Waals surface area contributed by atoms with Crippen molar-refractivity contribution in [3.8, 4) is 0 Å². The first-order chi connectivity index (χ1) is 9.65. The van der Waals surface area contributed by atoms with E-state index in [9.17, 15) is 4.79 Å². The van der Waals surface area contributed by atoms with Crippen molar-refractivity contribution in [1.82, 2.24) is 4.90 Å². The molecule has 5 heteroatoms. The summed E-state index contributed by atoms with van der Waals surface area (Å²) in [6.45, 7) is 4.20. The Kier molecular flexibility index (Phi) is 3.53. The fraction of sp³-hybridized carbons (Fsp3) is 0.533. The average molecular weight is 274 g/mol. The van der Waals surface area contributed by atoms with Gasteiger partial charge in [0.15, 0.2) is 0 Å². The smallest absolute Gasteiger partial charge is 0.250 e. The van der Waals surface area contributed by atoms with Crippen molar-refractivity contribution in [2.45, 2.75) is 25.3 Å². The maximum Gasteiger partial charge on any atom is 0.250 e. The number of hydrogen-bond donors (Lipinski definition) is 2. The standard InChI is InChI=1S/C15H22N4O/c16-11-4-5-14(13(9-11)15(17)20)19-8-7-18-6-2-1-3-12(18)10-19/h4-5,9,12H,1-3,6-8,10,16H2,(H2,17,20). The lowest BCUT2D eigenvalue weighted by molar-refractivity contribution is 0.0999. The monoisotopic (exact) mass is 274 g/mol. The summed E-state index contributed by atoms with van der Waals surface area (Å²) >= 11 is 0. The van der Waals surface area contributed by atoms with Crippen LogP contribution < -0.4 is 16.4 Å². The van der Waals surface area contributed by atoms with E-state index in [4.69, 9.17) is 11.5 Å². The molecule has 0 spiro atoms. The van der Waals surface area contributed by atoms with Gasteiger partial charge >= 0.3 is 0 Å². The van der Waals surface area contributed by atoms with Crippen LogP contribution in [0.2, 0.25) is 0 Å². The quantitative estimate of drug-likeness (QED) is 0.790. The van der Waals surface area contributed by atoms with Crippen molar-refractivity contribution in [3.05, 3.63) is 23.8 Å². The Hall–Kier alpha value is -1.75. The number of anilines is 2. The van der Waals surface area contributed by atoms with Crippen LogP contribution in [0.15, 0.2) is 18.2 Å². The number of amides is 1. The average Bonchev–Trinajstić information content (AvgIpc) is 2.46. The number of fused-ring (bicyclic) bond motifs is 1. The molecule has 0 saturated carbocycles. The second-order valence-electron chi connectivity index (χ2n) is 5.77. The zero-order valence-electron chi connectivity index (χ0n) is 11.7. The van der Waals surface area contributed by atoms with E-state index < -0.39 is 5.91 Å². The van der Waals surface area contributed by atoms with E-state index in [0.29, 0.717) is 17.3 Å². The summed E-state index contributed by atoms with van der Waals surface area (Å²) in [6.07, 6.45) is 3.86. The third-order valence-corrected chi connectivity index (χ3v) is 4.46. The fourth-order valence-electron chi connectivity index (χ4n) is 3.40. The number of rotatable bonds is 2. The first-order valence-electron chi connectivity index (χ1n) is 7.33. The summed E-state index contributed by atoms with van der Waals surface area (Å²) in [5.41, 5.74) is 13.3. The van der Waals surface area contributed by atoms with E-state index in [1.54, 1.807) is 6.07 Å². The summed E-state index contributed by atoms with van der Waals surface area (Å²) < 4.78 is 0. The minimum Gasteiger partial charge on any atom is -0.399 e. The van der Waals surface area contributed by atoms with Gasteiger partial charge in [-0.15, -0.1) is 0 Å². The van der Waals surface area contributed by atoms with Gasteiger partial charge in [-0.1, -0.05) is 6.42 Å². The number of nitrogen functional groups attached to an aromatic ring is 1. The second-order valence-corrected chi connectivity index (χ2v) is 5.77. The van der Waals surface area contributed by atoms with Crippen LogP contribution in [0, 0.1) is 0 Å². The van der Waals surface area contributed by atoms with Crippen LogP contribution in [0.5, 0.6) is 0 Å². The molecule has 2 heterocycles. The molecule has 1 atom stereocenters. The van der Waals surface area contributed by atoms with Crippen LogP contribution in [-0.4, -0.2) is 43.0 Å². The van der Waals surface area contributed by atoms with Crippen LogP contribution in [0.3, 0.4) is 0 Å². The number of carbonyl (C=O) groups is 1. The molecule has 1 amide bonds. The summed E-state index contributed by atoms with van der Waals surface area (Å²) in [7, 11) is 0. The zero-order valence-corrected chi connectivity index (χ0v) is 11.7. The topological polar surface area (TPSA) is 75.6 Å². The highest BCUT2D eigenvalue weighted by Crippen LogP contribution is 2.28. The number of hydrogen-bond acceptors (Lipinski definition) is 4. The fourth-order valence-corrected chi connectivity index (χ4v) is 3.40. The molecule has 108 valence electrons. The van der Waals surface area contributed by atoms with Crippen LogP contribution >= 0.6 is 0 Å². The first kappa shape index (κ1) is 13.2. The summed E-state index contributed by atoms with van der Waals surface area (Å²) in [4.78, 5) is 16.5. The minimum atomic E-state index is -0.404. The predicted octanol–water partition coefficient (Wildman–Crippen LogP) is 1.04. The Morgan fingerprint density at radius 3 is 2.85 bits per heavy atom. The van der Waals surface area contributed by atoms with Crippen molar-refractivity contribution >= 4 is 17.3 Å². The largest absolute Gasteiger partial charge is 0.399 e. The van der Waals surface area contributed by atoms with E-state index in [2.05, 4.69) is 9.80 Å². The molecule has 1 aromatic rings. The molecule has 0 radical (unpaired) electrons. The van der Waals surface area contributed by atoms with Crippen LogP contribution in [0.1, 0.15) is 29.6 Å². The van der Waals surface area contributed by atoms with Gasteiger partial charge in [-0.2, -0.15) is 0 Å². The van der Waals surface area contributed by atoms with Gasteiger partial charge in [0.2, 0.25) is 0 Å². The number of carbonyl (C=O) groups excluding carboxylic acids is 1. The Labute approximate surface area is 119 Å². The minimum absolute atomic E-state index is 0.404. The van der Waals surface area contributed by atoms with Crippen molar-refractivity contribution in [3.63, 3.8) is 0 Å². The molecule has 1 aromatic carbocycles. The Bertz CT molecular complexity index is 517. The number of nitrogens with zero attached hydrogens (tertiary/aromatic N) is 2. The highest BCUT2D eigenvalue weighted by molar-refractivity contribution is 5.99. The van der Waals surface area contributed by atoms with E-state index in [0.717, 1.165) is 25.3 Å². The molecule has 0 bridgehead atoms. The van der Waals surface area contributed by atoms with Gasteiger partial charge in [-0.05, 0) is 37.6 Å². The molecular weight excluding hydrogens is 252 g/mol. The summed E-state index contributed by atoms with van der Waals surface area (Å²) in [6, 6.07) is 6.06. The Balaban J connectivity index is 1.84. The van der Waals surface area contributed by atoms with Crippen molar-refractivity contribution in [1.29, 1.82) is 0 Å². The van der Waals surface area contributed by atoms with Gasteiger partial charge in [0.25, 0.3) is 5.91 Å². The van der Waals surface area contributed by atoms with E-state index in [-0.39, 0.29) is 0 Å². The lowest BCUT2D eigenvalue weighted by Gasteiger charge is -2.45. The maximum atomic E-state index is 11.6. The molecule has 2 fully saturated rings. The SMILES string of the molecule is NC(=O)c1cc(N)ccc1N1CCN2CCCCC2C1. The third-order valence-electron chi connectivity index (χ3n) is 4.46. The van der Waals surface area contributed by atoms with Gasteiger partial charge < -0.3 is 16.4 Å². The highest BCUT2D eigenvalue weighted by atomic mass is 16.1. The second kappa shape index (κ2) is 5.32. The van der Waals surface area contributed by atoms with Crippen molar-refractivity contribution in [2.24, 2.45) is 5.73 Å². The molecule has 3 rings (SSSR count). The number of benzene rings is 1. The molecule has 20 heavy (non-hydrogen) atoms. The normalized spacial score (nSPS) is 23.4. The zero-order chi connectivity index (χ0) is 14.1. The van der Waals surface area contributed by atoms with Crippen molar-refractivity contribution < 1.29 is 4.79 Å². The van der Waals surface area contributed by atoms with Crippen molar-refractivity contribution in [2.75, 3.05) is 36.8 Å². The summed E-state index contributed by atoms with van der Waals surface area (Å²) in [5, 5.41) is 0. The molecule has 2 aliphatic rings. The van der Waals surface area contributed by atoms with Gasteiger partial charge in [0.05, 0.1) is 5.56 Å². The molecule has 0 aliphatic carbocycles. The highest BCUT2D eigenvalue weighted by Gasteiger charge is 2.30. The number of primary amides is 1. The Morgan fingerprint density at radius 1 is 1.20 bits per heavy atom. The third kappa shape index (κ3) is 2.45. The molecule has 5 nitrogen and oxygen atoms in total. The number of nitrogens with two attached hydrogens (primary N) is 2. The van der Waals surface area contributed by atoms with Gasteiger partial charge in [0.1, 0.15) is 0 Å². The maximum absolute atomic E-state index is 11.6. The van der Waals surface area contributed by atoms with E-state index in [1.807, 2.05) is 12.1 Å². The lowest BCUT2D eigenvalue weighted by atomic mass is 9.98. The van der Waals surface area contributed by atoms with Gasteiger partial charge in [-0.25, -0.2) is 0 Å². The molecule has 0 aromatic heterocycles. The number of piperazine rings is 1. The van der Waals surface area contributed by atoms with Crippen LogP contribution in [-0.2, 0) is 0 Å². The van der Waals surface area contributed by atoms with E-state index in [1.165, 1.54) is 25.8 Å². The van der Waals surface area contributed by atoms with Crippen LogP contribution in [0.4, 0.5) is 11.4 Å². The van der Waals surface area contributed by atoms with E-state index >= 15 is 0 Å². The van der Waals surface area contributed by atoms with Gasteiger partial charge in [0, 0.05) is 37.1 Å². The predicted molar refractivity (Wildman–Crippen MR) is 80.8 cm³/mol. The Morgan fingerprint density at radius 2 is 2.05 bits per heavy atom. The molecule has 1 unspecified atom stereocenters. The molecule has 2 saturated heterocycles. The molecule has 2 aliphatic heterocycles. The van der Waals surface area contributed by atoms with Gasteiger partial charge in [-0.3, -0.25) is 9.69 Å². The lowest BCUT2D eigenvalue weighted by Crippen LogP contribution is -2.55.